The molecule has 1 aliphatic heterocycles. The highest BCUT2D eigenvalue weighted by Gasteiger charge is 2.21. The predicted molar refractivity (Wildman–Crippen MR) is 76.5 cm³/mol. The lowest BCUT2D eigenvalue weighted by Crippen LogP contribution is -2.16. The number of carbonyl (C=O) groups is 1. The molecule has 3 heteroatoms. The summed E-state index contributed by atoms with van der Waals surface area (Å²) in [6.45, 7) is 4.03. The molecule has 0 atom stereocenters. The Morgan fingerprint density at radius 2 is 2.11 bits per heavy atom. The lowest BCUT2D eigenvalue weighted by atomic mass is 10.0. The molecule has 1 aliphatic rings. The number of fused-ring (bicyclic) bond motifs is 1. The molecule has 0 bridgehead atoms. The lowest BCUT2D eigenvalue weighted by molar-refractivity contribution is 0.0933. The highest BCUT2D eigenvalue weighted by Crippen LogP contribution is 2.34. The zero-order valence-electron chi connectivity index (χ0n) is 9.93. The van der Waals surface area contributed by atoms with Crippen LogP contribution < -0.4 is 4.74 Å². The highest BCUT2D eigenvalue weighted by molar-refractivity contribution is 7.80. The third-order valence-electron chi connectivity index (χ3n) is 2.67. The maximum Gasteiger partial charge on any atom is 0.170 e. The molecular weight excluding hydrogens is 244 g/mol. The summed E-state index contributed by atoms with van der Waals surface area (Å²) in [6.07, 6.45) is 9.60. The number of benzene rings is 1. The normalized spacial score (nSPS) is 14.8. The van der Waals surface area contributed by atoms with Gasteiger partial charge in [0.15, 0.2) is 5.78 Å². The highest BCUT2D eigenvalue weighted by atomic mass is 32.1. The van der Waals surface area contributed by atoms with Gasteiger partial charge < -0.3 is 4.74 Å². The summed E-state index contributed by atoms with van der Waals surface area (Å²) < 4.78 is 5.60. The molecule has 0 saturated heterocycles. The minimum Gasteiger partial charge on any atom is -0.492 e. The molecule has 0 amide bonds. The molecule has 0 fully saturated rings. The van der Waals surface area contributed by atoms with Gasteiger partial charge in [0.2, 0.25) is 0 Å². The van der Waals surface area contributed by atoms with Crippen molar-refractivity contribution in [3.63, 3.8) is 0 Å². The standard InChI is InChI=1S/C15H14O2S/c1-2-3-4-5-6-12-14(18)8-7-11-13(16)9-10-17-15(11)12/h2-8,18H,1,9-10H2. The number of allylic oxidation sites excluding steroid dienone is 4. The van der Waals surface area contributed by atoms with E-state index in [1.807, 2.05) is 30.4 Å². The van der Waals surface area contributed by atoms with Gasteiger partial charge in [-0.2, -0.15) is 0 Å². The molecule has 1 aromatic carbocycles. The van der Waals surface area contributed by atoms with Gasteiger partial charge in [-0.3, -0.25) is 4.79 Å². The molecule has 2 rings (SSSR count). The van der Waals surface area contributed by atoms with E-state index in [-0.39, 0.29) is 5.78 Å². The number of ketones is 1. The van der Waals surface area contributed by atoms with E-state index in [2.05, 4.69) is 19.2 Å². The second-order valence-electron chi connectivity index (χ2n) is 3.88. The van der Waals surface area contributed by atoms with Crippen molar-refractivity contribution in [1.82, 2.24) is 0 Å². The quantitative estimate of drug-likeness (QED) is 0.661. The molecular formula is C15H14O2S. The fraction of sp³-hybridized carbons (Fsp3) is 0.133. The van der Waals surface area contributed by atoms with Gasteiger partial charge in [0.05, 0.1) is 12.2 Å². The van der Waals surface area contributed by atoms with Gasteiger partial charge in [-0.05, 0) is 12.1 Å². The summed E-state index contributed by atoms with van der Waals surface area (Å²) in [5.74, 6) is 0.767. The first kappa shape index (κ1) is 12.7. The van der Waals surface area contributed by atoms with Crippen LogP contribution in [0.1, 0.15) is 22.3 Å². The van der Waals surface area contributed by atoms with E-state index >= 15 is 0 Å². The van der Waals surface area contributed by atoms with Crippen molar-refractivity contribution < 1.29 is 9.53 Å². The van der Waals surface area contributed by atoms with E-state index in [9.17, 15) is 4.79 Å². The second-order valence-corrected chi connectivity index (χ2v) is 4.36. The summed E-state index contributed by atoms with van der Waals surface area (Å²) in [4.78, 5) is 12.6. The fourth-order valence-electron chi connectivity index (χ4n) is 1.80. The van der Waals surface area contributed by atoms with Crippen LogP contribution in [0.5, 0.6) is 5.75 Å². The smallest absolute Gasteiger partial charge is 0.170 e. The van der Waals surface area contributed by atoms with Gasteiger partial charge in [-0.25, -0.2) is 0 Å². The fourth-order valence-corrected chi connectivity index (χ4v) is 2.05. The Hall–Kier alpha value is -1.74. The minimum absolute atomic E-state index is 0.126. The van der Waals surface area contributed by atoms with E-state index in [0.717, 1.165) is 10.5 Å². The molecule has 0 unspecified atom stereocenters. The van der Waals surface area contributed by atoms with E-state index in [1.165, 1.54) is 0 Å². The van der Waals surface area contributed by atoms with Gasteiger partial charge in [0.1, 0.15) is 5.75 Å². The van der Waals surface area contributed by atoms with E-state index < -0.39 is 0 Å². The van der Waals surface area contributed by atoms with E-state index in [1.54, 1.807) is 12.1 Å². The molecule has 0 spiro atoms. The molecule has 2 nitrogen and oxygen atoms in total. The van der Waals surface area contributed by atoms with Crippen LogP contribution in [0.15, 0.2) is 47.9 Å². The largest absolute Gasteiger partial charge is 0.492 e. The van der Waals surface area contributed by atoms with Crippen LogP contribution >= 0.6 is 12.6 Å². The van der Waals surface area contributed by atoms with Crippen LogP contribution in [-0.2, 0) is 0 Å². The SMILES string of the molecule is C=CC=CC=Cc1c(S)ccc2c1OCCC2=O. The van der Waals surface area contributed by atoms with Gasteiger partial charge in [0.25, 0.3) is 0 Å². The van der Waals surface area contributed by atoms with E-state index in [4.69, 9.17) is 4.74 Å². The van der Waals surface area contributed by atoms with Crippen molar-refractivity contribution in [1.29, 1.82) is 0 Å². The molecule has 0 saturated carbocycles. The van der Waals surface area contributed by atoms with Crippen molar-refractivity contribution in [2.75, 3.05) is 6.61 Å². The predicted octanol–water partition coefficient (Wildman–Crippen LogP) is 3.70. The molecule has 92 valence electrons. The Labute approximate surface area is 112 Å². The topological polar surface area (TPSA) is 26.3 Å². The molecule has 0 aromatic heterocycles. The Balaban J connectivity index is 2.42. The van der Waals surface area contributed by atoms with Crippen LogP contribution in [0.25, 0.3) is 6.08 Å². The van der Waals surface area contributed by atoms with Gasteiger partial charge in [-0.15, -0.1) is 12.6 Å². The summed E-state index contributed by atoms with van der Waals surface area (Å²) in [6, 6.07) is 3.60. The van der Waals surface area contributed by atoms with Crippen molar-refractivity contribution in [2.24, 2.45) is 0 Å². The number of ether oxygens (including phenoxy) is 1. The van der Waals surface area contributed by atoms with Crippen molar-refractivity contribution in [2.45, 2.75) is 11.3 Å². The number of Topliss-reactive ketones (excluding diaryl/α,β-unsaturated/α-hetero) is 1. The first-order valence-electron chi connectivity index (χ1n) is 5.72. The van der Waals surface area contributed by atoms with Crippen molar-refractivity contribution in [3.8, 4) is 5.75 Å². The number of hydrogen-bond acceptors (Lipinski definition) is 3. The van der Waals surface area contributed by atoms with Crippen LogP contribution in [0.2, 0.25) is 0 Å². The summed E-state index contributed by atoms with van der Waals surface area (Å²) in [5.41, 5.74) is 1.49. The lowest BCUT2D eigenvalue weighted by Gasteiger charge is -2.19. The van der Waals surface area contributed by atoms with Crippen molar-refractivity contribution >= 4 is 24.5 Å². The summed E-state index contributed by atoms with van der Waals surface area (Å²) in [5, 5.41) is 0. The molecule has 0 N–H and O–H groups in total. The van der Waals surface area contributed by atoms with E-state index in [0.29, 0.717) is 24.3 Å². The Morgan fingerprint density at radius 3 is 2.89 bits per heavy atom. The number of hydrogen-bond donors (Lipinski definition) is 1. The zero-order valence-corrected chi connectivity index (χ0v) is 10.8. The van der Waals surface area contributed by atoms with Crippen LogP contribution in [0.4, 0.5) is 0 Å². The van der Waals surface area contributed by atoms with Crippen LogP contribution in [-0.4, -0.2) is 12.4 Å². The number of carbonyl (C=O) groups excluding carboxylic acids is 1. The summed E-state index contributed by atoms with van der Waals surface area (Å²) in [7, 11) is 0. The Kier molecular flexibility index (Phi) is 4.05. The average Bonchev–Trinajstić information content (AvgIpc) is 2.37. The van der Waals surface area contributed by atoms with Crippen LogP contribution in [0.3, 0.4) is 0 Å². The average molecular weight is 258 g/mol. The third-order valence-corrected chi connectivity index (χ3v) is 3.06. The minimum atomic E-state index is 0.126. The van der Waals surface area contributed by atoms with Crippen molar-refractivity contribution in [3.05, 3.63) is 54.1 Å². The second kappa shape index (κ2) is 5.74. The first-order valence-corrected chi connectivity index (χ1v) is 6.16. The Morgan fingerprint density at radius 1 is 1.28 bits per heavy atom. The first-order chi connectivity index (χ1) is 8.74. The number of rotatable bonds is 3. The molecule has 0 radical (unpaired) electrons. The molecule has 1 aromatic rings. The molecule has 0 aliphatic carbocycles. The monoisotopic (exact) mass is 258 g/mol. The third kappa shape index (κ3) is 2.57. The Bertz CT molecular complexity index is 542. The van der Waals surface area contributed by atoms with Gasteiger partial charge >= 0.3 is 0 Å². The number of thiol groups is 1. The zero-order chi connectivity index (χ0) is 13.0. The summed E-state index contributed by atoms with van der Waals surface area (Å²) >= 11 is 4.40. The molecule has 1 heterocycles. The molecule has 18 heavy (non-hydrogen) atoms. The van der Waals surface area contributed by atoms with Gasteiger partial charge in [0, 0.05) is 16.9 Å². The maximum absolute atomic E-state index is 11.8. The van der Waals surface area contributed by atoms with Crippen LogP contribution in [0, 0.1) is 0 Å². The maximum atomic E-state index is 11.8. The van der Waals surface area contributed by atoms with Gasteiger partial charge in [-0.1, -0.05) is 37.0 Å².